The van der Waals surface area contributed by atoms with Crippen LogP contribution in [0.5, 0.6) is 0 Å². The van der Waals surface area contributed by atoms with E-state index >= 15 is 0 Å². The van der Waals surface area contributed by atoms with Gasteiger partial charge in [-0.2, -0.15) is 0 Å². The summed E-state index contributed by atoms with van der Waals surface area (Å²) >= 11 is 0. The van der Waals surface area contributed by atoms with Crippen molar-refractivity contribution in [3.63, 3.8) is 0 Å². The maximum Gasteiger partial charge on any atom is 0.337 e. The van der Waals surface area contributed by atoms with Gasteiger partial charge < -0.3 is 29.2 Å². The van der Waals surface area contributed by atoms with E-state index < -0.39 is 18.2 Å². The largest absolute Gasteiger partial charge is 0.468 e. The molecule has 3 aromatic rings. The number of ether oxygens (including phenoxy) is 4. The average molecular weight is 1700 g/mol. The van der Waals surface area contributed by atoms with Gasteiger partial charge in [-0.25, -0.2) is 9.59 Å². The van der Waals surface area contributed by atoms with Gasteiger partial charge in [0.1, 0.15) is 5.78 Å². The lowest BCUT2D eigenvalue weighted by Gasteiger charge is -2.12. The number of rotatable bonds is 42. The number of hydrogen-bond acceptors (Lipinski definition) is 13. The summed E-state index contributed by atoms with van der Waals surface area (Å²) in [5.74, 6) is 0.0338. The number of aliphatic hydroxyl groups is 2. The molecule has 4 atom stereocenters. The van der Waals surface area contributed by atoms with E-state index in [-0.39, 0.29) is 40.8 Å². The number of benzene rings is 3. The molecule has 2 N–H and O–H groups in total. The van der Waals surface area contributed by atoms with Gasteiger partial charge in [-0.3, -0.25) is 24.0 Å². The summed E-state index contributed by atoms with van der Waals surface area (Å²) < 4.78 is 18.5. The molecular formula is C113H130O13. The zero-order chi connectivity index (χ0) is 93.7. The number of carbonyl (C=O) groups excluding carboxylic acids is 7. The molecule has 0 saturated heterocycles. The molecule has 0 aliphatic heterocycles. The highest BCUT2D eigenvalue weighted by Gasteiger charge is 2.14. The SMILES string of the molecule is C=C/C(=C\C=C\CCc1cc(/C=C/C2=CC=C(C(C)=O)CC2)ccc1/C=C/C(=C)/C=C\C(=C)C(=O)OC)C(C)O.C=C/C=C(\C=C\C=C\C=C\C=C(/C=C)C(C)O)/C=C/C1C=CC(C(=O)OC)=CC1.C=C/C=C(\C=C\C=C\C=C\C=C(\C)C=C)/C=C/C1C=CC(CC(=O)OCC)=CC1.C=Cc1ccc(C(C)=O)cc1.C=Cc1ccc(CC(C)=O)cc1.CCOC=O. The Kier molecular flexibility index (Phi) is 60.0. The predicted molar refractivity (Wildman–Crippen MR) is 530 cm³/mol. The molecule has 0 spiro atoms. The first-order valence-electron chi connectivity index (χ1n) is 41.7. The fourth-order valence-corrected chi connectivity index (χ4v) is 10.9. The topological polar surface area (TPSA) is 197 Å². The molecule has 126 heavy (non-hydrogen) atoms. The monoisotopic (exact) mass is 1690 g/mol. The Morgan fingerprint density at radius 1 is 0.540 bits per heavy atom. The molecule has 0 radical (unpaired) electrons. The van der Waals surface area contributed by atoms with Crippen LogP contribution < -0.4 is 0 Å². The lowest BCUT2D eigenvalue weighted by molar-refractivity contribution is -0.142. The predicted octanol–water partition coefficient (Wildman–Crippen LogP) is 25.3. The van der Waals surface area contributed by atoms with Crippen LogP contribution in [0.1, 0.15) is 138 Å². The molecule has 3 aliphatic rings. The Bertz CT molecular complexity index is 4910. The molecule has 6 rings (SSSR count). The van der Waals surface area contributed by atoms with Crippen molar-refractivity contribution in [2.75, 3.05) is 27.4 Å². The second-order valence-electron chi connectivity index (χ2n) is 28.2. The van der Waals surface area contributed by atoms with Gasteiger partial charge in [0.05, 0.1) is 57.2 Å². The minimum Gasteiger partial charge on any atom is -0.468 e. The Balaban J connectivity index is 0.000000824. The van der Waals surface area contributed by atoms with Crippen molar-refractivity contribution in [3.8, 4) is 0 Å². The molecule has 3 aliphatic carbocycles. The second kappa shape index (κ2) is 68.7. The molecule has 0 amide bonds. The van der Waals surface area contributed by atoms with E-state index in [9.17, 15) is 43.8 Å². The lowest BCUT2D eigenvalue weighted by Crippen LogP contribution is -2.06. The quantitative estimate of drug-likeness (QED) is 0.0136. The first kappa shape index (κ1) is 110. The van der Waals surface area contributed by atoms with Gasteiger partial charge in [0.25, 0.3) is 6.47 Å². The molecule has 0 saturated carbocycles. The van der Waals surface area contributed by atoms with Crippen molar-refractivity contribution in [1.82, 2.24) is 0 Å². The fraction of sp³-hybridized carbons (Fsp3) is 0.212. The number of aryl methyl sites for hydroxylation is 1. The summed E-state index contributed by atoms with van der Waals surface area (Å²) in [6.45, 7) is 48.8. The summed E-state index contributed by atoms with van der Waals surface area (Å²) in [4.78, 5) is 76.9. The molecule has 13 heteroatoms. The molecular weight excluding hydrogens is 1570 g/mol. The van der Waals surface area contributed by atoms with E-state index in [2.05, 4.69) is 135 Å². The highest BCUT2D eigenvalue weighted by molar-refractivity contribution is 5.95. The average Bonchev–Trinajstić information content (AvgIpc) is 0.856. The van der Waals surface area contributed by atoms with Crippen LogP contribution in [0, 0.1) is 11.8 Å². The van der Waals surface area contributed by atoms with E-state index in [4.69, 9.17) is 9.47 Å². The molecule has 4 unspecified atom stereocenters. The molecule has 0 heterocycles. The lowest BCUT2D eigenvalue weighted by atomic mass is 9.94. The molecule has 0 bridgehead atoms. The van der Waals surface area contributed by atoms with Crippen molar-refractivity contribution in [1.29, 1.82) is 0 Å². The summed E-state index contributed by atoms with van der Waals surface area (Å²) in [7, 11) is 2.71. The molecule has 0 aromatic heterocycles. The van der Waals surface area contributed by atoms with E-state index in [0.29, 0.717) is 44.0 Å². The number of hydrogen-bond donors (Lipinski definition) is 2. The molecule has 13 nitrogen and oxygen atoms in total. The van der Waals surface area contributed by atoms with Crippen LogP contribution >= 0.6 is 0 Å². The zero-order valence-corrected chi connectivity index (χ0v) is 75.5. The van der Waals surface area contributed by atoms with Gasteiger partial charge in [0.15, 0.2) is 11.6 Å². The third-order valence-corrected chi connectivity index (χ3v) is 18.2. The van der Waals surface area contributed by atoms with Crippen molar-refractivity contribution in [3.05, 3.63) is 469 Å². The second-order valence-corrected chi connectivity index (χ2v) is 28.2. The van der Waals surface area contributed by atoms with Gasteiger partial charge in [0, 0.05) is 12.0 Å². The number of aliphatic hydroxyl groups excluding tert-OH is 2. The van der Waals surface area contributed by atoms with Gasteiger partial charge in [-0.1, -0.05) is 393 Å². The Morgan fingerprint density at radius 2 is 1.10 bits per heavy atom. The third-order valence-electron chi connectivity index (χ3n) is 18.2. The Morgan fingerprint density at radius 3 is 1.56 bits per heavy atom. The number of methoxy groups -OCH3 is 2. The highest BCUT2D eigenvalue weighted by Crippen LogP contribution is 2.26. The highest BCUT2D eigenvalue weighted by atomic mass is 16.5. The Labute approximate surface area is 751 Å². The number of carbonyl (C=O) groups is 7. The molecule has 0 fully saturated rings. The maximum absolute atomic E-state index is 11.6. The van der Waals surface area contributed by atoms with Crippen molar-refractivity contribution in [2.24, 2.45) is 11.8 Å². The normalized spacial score (nSPS) is 15.3. The Hall–Kier alpha value is -13.9. The first-order chi connectivity index (χ1) is 60.6. The van der Waals surface area contributed by atoms with E-state index in [0.717, 1.165) is 116 Å². The zero-order valence-electron chi connectivity index (χ0n) is 75.5. The van der Waals surface area contributed by atoms with Crippen LogP contribution in [-0.4, -0.2) is 91.6 Å². The van der Waals surface area contributed by atoms with Crippen LogP contribution in [0.2, 0.25) is 0 Å². The minimum atomic E-state index is -0.557. The van der Waals surface area contributed by atoms with Crippen LogP contribution in [0.15, 0.2) is 430 Å². The van der Waals surface area contributed by atoms with Crippen molar-refractivity contribution >= 4 is 66.0 Å². The van der Waals surface area contributed by atoms with Crippen molar-refractivity contribution < 1.29 is 62.7 Å². The van der Waals surface area contributed by atoms with E-state index in [1.807, 2.05) is 214 Å². The van der Waals surface area contributed by atoms with Crippen LogP contribution in [-0.2, 0) is 60.6 Å². The van der Waals surface area contributed by atoms with Crippen LogP contribution in [0.25, 0.3) is 24.3 Å². The summed E-state index contributed by atoms with van der Waals surface area (Å²) in [6, 6.07) is 21.6. The van der Waals surface area contributed by atoms with Crippen molar-refractivity contribution in [2.45, 2.75) is 119 Å². The minimum absolute atomic E-state index is 0.0978. The van der Waals surface area contributed by atoms with E-state index in [1.54, 1.807) is 108 Å². The number of allylic oxidation sites excluding steroid dienone is 42. The number of Topliss-reactive ketones (excluding diaryl/α,β-unsaturated/α-hetero) is 3. The van der Waals surface area contributed by atoms with Gasteiger partial charge >= 0.3 is 17.9 Å². The maximum atomic E-state index is 11.6. The van der Waals surface area contributed by atoms with Gasteiger partial charge in [-0.15, -0.1) is 0 Å². The number of esters is 3. The van der Waals surface area contributed by atoms with Crippen LogP contribution in [0.3, 0.4) is 0 Å². The molecule has 3 aromatic carbocycles. The number of ketones is 3. The van der Waals surface area contributed by atoms with E-state index in [1.165, 1.54) is 25.4 Å². The van der Waals surface area contributed by atoms with Crippen LogP contribution in [0.4, 0.5) is 0 Å². The standard InChI is InChI=1S/C36H40O4.C27H32O2.C26H30O3.C11H12O.C10H10O.C3H6O2/c1-7-32(28(4)37)11-9-8-10-12-35-25-31(17-16-30-18-22-33(23-19-30)29(5)38)20-24-34(35)21-14-26(2)13-15-27(3)36(39)40-6;1-5-13-24(15-12-10-8-9-11-14-23(4)6-2)16-17-25-18-20-26(21-19-25)22-27(28)29-7-3;1-5-12-22(13-10-8-7-9-11-14-24(6-2)21(3)27)15-16-23-17-19-25(20-18-23)26(28)29-4;1-3-10-4-6-11(7-5-10)8-9(2)12;1-3-9-4-6-10(7-5-9)8(2)11;1-2-5-3-4/h7-9,11,13-18,20-22,24-25,28,37H,1-3,10,12,19,23H2,4-6H3;5-6,8-18,20-21,25H,1-2,7,19,22H2,3-4H3;5-17,19-21,23,27H,1-2,18H2,3-4H3;3-7H,1,8H2,2H3;3-7H,1H2,2H3;3H,2H2,1H3/b9-8+,15-13-,17-16+,21-14+,32-11+;10-8+,11-9+,15-12+,17-16+,23-14-,24-13+;8-7+,11-9+,13-10+,16-15+,22-12+,24-14+;;;. The summed E-state index contributed by atoms with van der Waals surface area (Å²) in [5, 5.41) is 19.3. The third kappa shape index (κ3) is 51.8. The summed E-state index contributed by atoms with van der Waals surface area (Å²) in [5.41, 5.74) is 16.7. The first-order valence-corrected chi connectivity index (χ1v) is 41.7. The van der Waals surface area contributed by atoms with Gasteiger partial charge in [-0.05, 0) is 190 Å². The van der Waals surface area contributed by atoms with Gasteiger partial charge in [0.2, 0.25) is 0 Å². The fourth-order valence-electron chi connectivity index (χ4n) is 10.9. The molecule has 660 valence electrons. The summed E-state index contributed by atoms with van der Waals surface area (Å²) in [6.07, 6.45) is 89.8. The smallest absolute Gasteiger partial charge is 0.337 e.